The van der Waals surface area contributed by atoms with Crippen LogP contribution < -0.4 is 9.64 Å². The molecule has 6 nitrogen and oxygen atoms in total. The summed E-state index contributed by atoms with van der Waals surface area (Å²) < 4.78 is 20.3. The first-order valence-corrected chi connectivity index (χ1v) is 10.9. The van der Waals surface area contributed by atoms with Crippen LogP contribution in [0.5, 0.6) is 5.75 Å². The zero-order chi connectivity index (χ0) is 21.4. The molecule has 1 amide bonds. The number of rotatable bonds is 4. The number of ether oxygens (including phenoxy) is 1. The molecule has 158 valence electrons. The molecule has 0 bridgehead atoms. The highest BCUT2D eigenvalue weighted by Crippen LogP contribution is 2.26. The minimum atomic E-state index is -0.283. The molecule has 0 unspecified atom stereocenters. The summed E-state index contributed by atoms with van der Waals surface area (Å²) in [6.07, 6.45) is 1.85. The molecule has 4 aromatic rings. The Morgan fingerprint density at radius 2 is 1.74 bits per heavy atom. The van der Waals surface area contributed by atoms with Crippen molar-refractivity contribution in [3.8, 4) is 17.0 Å². The fraction of sp³-hybridized carbons (Fsp3) is 0.217. The van der Waals surface area contributed by atoms with Gasteiger partial charge in [0.25, 0.3) is 5.91 Å². The van der Waals surface area contributed by atoms with Crippen LogP contribution in [0, 0.1) is 5.82 Å². The molecule has 1 saturated heterocycles. The van der Waals surface area contributed by atoms with E-state index in [1.165, 1.54) is 23.5 Å². The van der Waals surface area contributed by atoms with Crippen molar-refractivity contribution >= 4 is 27.9 Å². The largest absolute Gasteiger partial charge is 0.497 e. The third-order valence-electron chi connectivity index (χ3n) is 5.57. The van der Waals surface area contributed by atoms with Crippen LogP contribution in [0.2, 0.25) is 0 Å². The van der Waals surface area contributed by atoms with E-state index in [0.29, 0.717) is 18.8 Å². The molecule has 1 aliphatic heterocycles. The Balaban J connectivity index is 1.30. The highest BCUT2D eigenvalue weighted by Gasteiger charge is 2.25. The van der Waals surface area contributed by atoms with Crippen LogP contribution >= 0.6 is 11.3 Å². The van der Waals surface area contributed by atoms with Crippen LogP contribution in [-0.4, -0.2) is 53.5 Å². The molecule has 1 aliphatic rings. The lowest BCUT2D eigenvalue weighted by molar-refractivity contribution is 0.0740. The smallest absolute Gasteiger partial charge is 0.271 e. The van der Waals surface area contributed by atoms with Gasteiger partial charge in [0, 0.05) is 49.0 Å². The van der Waals surface area contributed by atoms with Gasteiger partial charge in [0.1, 0.15) is 17.3 Å². The van der Waals surface area contributed by atoms with Crippen LogP contribution in [-0.2, 0) is 0 Å². The highest BCUT2D eigenvalue weighted by atomic mass is 32.1. The molecule has 3 heterocycles. The number of nitrogens with zero attached hydrogens (tertiary/aromatic N) is 4. The zero-order valence-electron chi connectivity index (χ0n) is 17.0. The summed E-state index contributed by atoms with van der Waals surface area (Å²) in [7, 11) is 1.66. The quantitative estimate of drug-likeness (QED) is 0.482. The lowest BCUT2D eigenvalue weighted by Crippen LogP contribution is -2.49. The van der Waals surface area contributed by atoms with Gasteiger partial charge in [0.05, 0.1) is 12.8 Å². The fourth-order valence-electron chi connectivity index (χ4n) is 3.82. The molecule has 1 fully saturated rings. The van der Waals surface area contributed by atoms with Crippen LogP contribution in [0.4, 0.5) is 10.1 Å². The average Bonchev–Trinajstić information content (AvgIpc) is 3.40. The lowest BCUT2D eigenvalue weighted by Gasteiger charge is -2.36. The maximum Gasteiger partial charge on any atom is 0.271 e. The van der Waals surface area contributed by atoms with Gasteiger partial charge in [0.15, 0.2) is 4.96 Å². The molecular formula is C23H21FN4O2S. The number of carbonyl (C=O) groups is 1. The summed E-state index contributed by atoms with van der Waals surface area (Å²) in [4.78, 5) is 22.7. The summed E-state index contributed by atoms with van der Waals surface area (Å²) in [6.45, 7) is 2.86. The minimum absolute atomic E-state index is 0.00341. The monoisotopic (exact) mass is 436 g/mol. The summed E-state index contributed by atoms with van der Waals surface area (Å²) in [5.74, 6) is 0.553. The molecule has 5 rings (SSSR count). The van der Waals surface area contributed by atoms with Gasteiger partial charge in [-0.1, -0.05) is 0 Å². The summed E-state index contributed by atoms with van der Waals surface area (Å²) in [6, 6.07) is 14.2. The van der Waals surface area contributed by atoms with Crippen molar-refractivity contribution in [1.29, 1.82) is 0 Å². The Morgan fingerprint density at radius 1 is 1.03 bits per heavy atom. The van der Waals surface area contributed by atoms with Crippen molar-refractivity contribution in [2.24, 2.45) is 0 Å². The van der Waals surface area contributed by atoms with E-state index in [-0.39, 0.29) is 11.7 Å². The van der Waals surface area contributed by atoms with Crippen molar-refractivity contribution in [2.75, 3.05) is 38.2 Å². The van der Waals surface area contributed by atoms with Gasteiger partial charge in [0.2, 0.25) is 0 Å². The van der Waals surface area contributed by atoms with Gasteiger partial charge in [-0.15, -0.1) is 11.3 Å². The molecule has 0 aliphatic carbocycles. The number of hydrogen-bond donors (Lipinski definition) is 0. The molecule has 0 spiro atoms. The number of aromatic nitrogens is 2. The number of hydrogen-bond acceptors (Lipinski definition) is 5. The van der Waals surface area contributed by atoms with Crippen LogP contribution in [0.25, 0.3) is 16.2 Å². The van der Waals surface area contributed by atoms with E-state index in [9.17, 15) is 9.18 Å². The number of halogens is 1. The molecule has 2 aromatic carbocycles. The normalized spacial score (nSPS) is 14.3. The Kier molecular flexibility index (Phi) is 5.07. The number of thiazole rings is 1. The first-order chi connectivity index (χ1) is 15.1. The maximum absolute atomic E-state index is 13.2. The second-order valence-corrected chi connectivity index (χ2v) is 8.22. The highest BCUT2D eigenvalue weighted by molar-refractivity contribution is 7.15. The van der Waals surface area contributed by atoms with E-state index in [1.807, 2.05) is 45.1 Å². The number of amides is 1. The van der Waals surface area contributed by atoms with E-state index in [2.05, 4.69) is 9.88 Å². The summed E-state index contributed by atoms with van der Waals surface area (Å²) in [5, 5.41) is 1.86. The van der Waals surface area contributed by atoms with Gasteiger partial charge in [-0.05, 0) is 48.5 Å². The molecule has 0 radical (unpaired) electrons. The van der Waals surface area contributed by atoms with Gasteiger partial charge in [-0.2, -0.15) is 0 Å². The van der Waals surface area contributed by atoms with Gasteiger partial charge in [-0.3, -0.25) is 9.20 Å². The molecule has 2 aromatic heterocycles. The molecule has 0 saturated carbocycles. The minimum Gasteiger partial charge on any atom is -0.497 e. The lowest BCUT2D eigenvalue weighted by atomic mass is 10.2. The fourth-order valence-corrected chi connectivity index (χ4v) is 4.67. The number of carbonyl (C=O) groups excluding carboxylic acids is 1. The van der Waals surface area contributed by atoms with E-state index >= 15 is 0 Å². The van der Waals surface area contributed by atoms with Crippen LogP contribution in [0.15, 0.2) is 60.1 Å². The van der Waals surface area contributed by atoms with Crippen LogP contribution in [0.1, 0.15) is 10.5 Å². The Hall–Kier alpha value is -3.39. The van der Waals surface area contributed by atoms with Crippen LogP contribution in [0.3, 0.4) is 0 Å². The number of methoxy groups -OCH3 is 1. The van der Waals surface area contributed by atoms with Gasteiger partial charge < -0.3 is 14.5 Å². The molecule has 0 N–H and O–H groups in total. The number of fused-ring (bicyclic) bond motifs is 1. The van der Waals surface area contributed by atoms with Crippen molar-refractivity contribution in [2.45, 2.75) is 0 Å². The maximum atomic E-state index is 13.2. The molecular weight excluding hydrogens is 415 g/mol. The third kappa shape index (κ3) is 3.74. The molecule has 31 heavy (non-hydrogen) atoms. The van der Waals surface area contributed by atoms with Crippen molar-refractivity contribution in [3.63, 3.8) is 0 Å². The number of piperazine rings is 1. The van der Waals surface area contributed by atoms with E-state index in [0.717, 1.165) is 40.7 Å². The topological polar surface area (TPSA) is 50.1 Å². The van der Waals surface area contributed by atoms with Gasteiger partial charge >= 0.3 is 0 Å². The molecule has 0 atom stereocenters. The van der Waals surface area contributed by atoms with E-state index < -0.39 is 0 Å². The second kappa shape index (κ2) is 8.03. The predicted octanol–water partition coefficient (Wildman–Crippen LogP) is 4.17. The Morgan fingerprint density at radius 3 is 2.42 bits per heavy atom. The number of anilines is 1. The van der Waals surface area contributed by atoms with E-state index in [1.54, 1.807) is 19.2 Å². The SMILES string of the molecule is COc1ccc(N2CCN(C(=O)c3csc4nc(-c5ccc(F)cc5)cn34)CC2)cc1. The Bertz CT molecular complexity index is 1210. The standard InChI is InChI=1S/C23H21FN4O2S/c1-30-19-8-6-18(7-9-19)26-10-12-27(13-11-26)22(29)21-15-31-23-25-20(14-28(21)23)16-2-4-17(24)5-3-16/h2-9,14-15H,10-13H2,1H3. The zero-order valence-corrected chi connectivity index (χ0v) is 17.8. The number of benzene rings is 2. The predicted molar refractivity (Wildman–Crippen MR) is 120 cm³/mol. The second-order valence-electron chi connectivity index (χ2n) is 7.38. The first kappa shape index (κ1) is 19.6. The third-order valence-corrected chi connectivity index (χ3v) is 6.41. The summed E-state index contributed by atoms with van der Waals surface area (Å²) >= 11 is 1.43. The van der Waals surface area contributed by atoms with Crippen molar-refractivity contribution in [3.05, 3.63) is 71.6 Å². The summed E-state index contributed by atoms with van der Waals surface area (Å²) in [5.41, 5.74) is 3.29. The number of imidazole rings is 1. The van der Waals surface area contributed by atoms with Crippen molar-refractivity contribution in [1.82, 2.24) is 14.3 Å². The Labute approximate surface area is 183 Å². The molecule has 8 heteroatoms. The average molecular weight is 437 g/mol. The van der Waals surface area contributed by atoms with Crippen molar-refractivity contribution < 1.29 is 13.9 Å². The first-order valence-electron chi connectivity index (χ1n) is 10.0. The van der Waals surface area contributed by atoms with Gasteiger partial charge in [-0.25, -0.2) is 9.37 Å². The van der Waals surface area contributed by atoms with E-state index in [4.69, 9.17) is 4.74 Å².